The summed E-state index contributed by atoms with van der Waals surface area (Å²) in [6, 6.07) is 7.28. The third-order valence-electron chi connectivity index (χ3n) is 2.41. The van der Waals surface area contributed by atoms with Crippen LogP contribution in [-0.2, 0) is 6.54 Å². The topological polar surface area (TPSA) is 44.1 Å². The molecule has 0 saturated heterocycles. The molecule has 1 aromatic carbocycles. The highest BCUT2D eigenvalue weighted by Crippen LogP contribution is 2.20. The smallest absolute Gasteiger partial charge is 0.150 e. The van der Waals surface area contributed by atoms with Crippen LogP contribution in [0.1, 0.15) is 22.8 Å². The van der Waals surface area contributed by atoms with E-state index in [2.05, 4.69) is 5.10 Å². The van der Waals surface area contributed by atoms with Crippen LogP contribution in [0.4, 0.5) is 0 Å². The van der Waals surface area contributed by atoms with Crippen molar-refractivity contribution in [2.45, 2.75) is 13.5 Å². The van der Waals surface area contributed by atoms with Crippen molar-refractivity contribution in [2.24, 2.45) is 0 Å². The van der Waals surface area contributed by atoms with Crippen LogP contribution >= 0.6 is 0 Å². The lowest BCUT2D eigenvalue weighted by Gasteiger charge is -2.10. The van der Waals surface area contributed by atoms with E-state index in [-0.39, 0.29) is 0 Å². The van der Waals surface area contributed by atoms with Crippen LogP contribution < -0.4 is 4.74 Å². The number of carbonyl (C=O) groups is 1. The molecule has 0 spiro atoms. The monoisotopic (exact) mass is 230 g/mol. The molecule has 88 valence electrons. The van der Waals surface area contributed by atoms with Crippen LogP contribution in [0.15, 0.2) is 36.7 Å². The third kappa shape index (κ3) is 2.72. The van der Waals surface area contributed by atoms with E-state index in [4.69, 9.17) is 4.74 Å². The summed E-state index contributed by atoms with van der Waals surface area (Å²) in [4.78, 5) is 10.8. The van der Waals surface area contributed by atoms with Crippen molar-refractivity contribution in [2.75, 3.05) is 6.61 Å². The molecule has 0 amide bonds. The predicted molar refractivity (Wildman–Crippen MR) is 64.3 cm³/mol. The largest absolute Gasteiger partial charge is 0.494 e. The SMILES string of the molecule is CCOc1ccc(C=O)cc1Cn1cccn1. The van der Waals surface area contributed by atoms with E-state index in [9.17, 15) is 4.79 Å². The number of aldehydes is 1. The third-order valence-corrected chi connectivity index (χ3v) is 2.41. The Morgan fingerprint density at radius 3 is 3.00 bits per heavy atom. The maximum absolute atomic E-state index is 10.8. The summed E-state index contributed by atoms with van der Waals surface area (Å²) in [5, 5.41) is 4.14. The minimum Gasteiger partial charge on any atom is -0.494 e. The standard InChI is InChI=1S/C13H14N2O2/c1-2-17-13-5-4-11(10-16)8-12(13)9-15-7-3-6-14-15/h3-8,10H,2,9H2,1H3. The van der Waals surface area contributed by atoms with Crippen LogP contribution in [0.3, 0.4) is 0 Å². The number of rotatable bonds is 5. The molecule has 0 aliphatic heterocycles. The highest BCUT2D eigenvalue weighted by atomic mass is 16.5. The Bertz CT molecular complexity index is 492. The summed E-state index contributed by atoms with van der Waals surface area (Å²) < 4.78 is 7.33. The van der Waals surface area contributed by atoms with E-state index in [1.807, 2.05) is 31.3 Å². The molecule has 0 aliphatic rings. The van der Waals surface area contributed by atoms with E-state index in [1.165, 1.54) is 0 Å². The van der Waals surface area contributed by atoms with Crippen molar-refractivity contribution in [3.63, 3.8) is 0 Å². The van der Waals surface area contributed by atoms with E-state index in [0.717, 1.165) is 17.6 Å². The van der Waals surface area contributed by atoms with Crippen LogP contribution in [0.25, 0.3) is 0 Å². The van der Waals surface area contributed by atoms with Crippen LogP contribution in [-0.4, -0.2) is 22.7 Å². The van der Waals surface area contributed by atoms with Gasteiger partial charge in [0.2, 0.25) is 0 Å². The second-order valence-electron chi connectivity index (χ2n) is 3.62. The number of aromatic nitrogens is 2. The van der Waals surface area contributed by atoms with Crippen molar-refractivity contribution in [3.05, 3.63) is 47.8 Å². The molecule has 0 unspecified atom stereocenters. The van der Waals surface area contributed by atoms with Gasteiger partial charge in [0.15, 0.2) is 0 Å². The summed E-state index contributed by atoms with van der Waals surface area (Å²) in [6.07, 6.45) is 4.44. The minimum absolute atomic E-state index is 0.601. The van der Waals surface area contributed by atoms with E-state index < -0.39 is 0 Å². The van der Waals surface area contributed by atoms with Gasteiger partial charge in [0, 0.05) is 23.5 Å². The zero-order chi connectivity index (χ0) is 12.1. The van der Waals surface area contributed by atoms with Crippen LogP contribution in [0.2, 0.25) is 0 Å². The Morgan fingerprint density at radius 2 is 2.35 bits per heavy atom. The summed E-state index contributed by atoms with van der Waals surface area (Å²) in [5.41, 5.74) is 1.61. The molecule has 4 heteroatoms. The first-order chi connectivity index (χ1) is 8.33. The Balaban J connectivity index is 2.30. The molecule has 2 rings (SSSR count). The van der Waals surface area contributed by atoms with Crippen LogP contribution in [0.5, 0.6) is 5.75 Å². The molecule has 0 bridgehead atoms. The lowest BCUT2D eigenvalue weighted by Crippen LogP contribution is -2.04. The quantitative estimate of drug-likeness (QED) is 0.739. The normalized spacial score (nSPS) is 10.2. The average Bonchev–Trinajstić information content (AvgIpc) is 2.84. The predicted octanol–water partition coefficient (Wildman–Crippen LogP) is 2.14. The second kappa shape index (κ2) is 5.30. The van der Waals surface area contributed by atoms with Gasteiger partial charge >= 0.3 is 0 Å². The van der Waals surface area contributed by atoms with Crippen molar-refractivity contribution in [3.8, 4) is 5.75 Å². The fraction of sp³-hybridized carbons (Fsp3) is 0.231. The first kappa shape index (κ1) is 11.4. The van der Waals surface area contributed by atoms with Gasteiger partial charge in [0.1, 0.15) is 12.0 Å². The molecular weight excluding hydrogens is 216 g/mol. The summed E-state index contributed by atoms with van der Waals surface area (Å²) in [5.74, 6) is 0.800. The fourth-order valence-corrected chi connectivity index (χ4v) is 1.66. The molecule has 2 aromatic rings. The Kier molecular flexibility index (Phi) is 3.55. The highest BCUT2D eigenvalue weighted by Gasteiger charge is 2.05. The molecule has 0 N–H and O–H groups in total. The Hall–Kier alpha value is -2.10. The van der Waals surface area contributed by atoms with Crippen molar-refractivity contribution in [1.82, 2.24) is 9.78 Å². The first-order valence-electron chi connectivity index (χ1n) is 5.52. The lowest BCUT2D eigenvalue weighted by atomic mass is 10.1. The maximum atomic E-state index is 10.8. The van der Waals surface area contributed by atoms with Gasteiger partial charge < -0.3 is 4.74 Å². The Morgan fingerprint density at radius 1 is 1.47 bits per heavy atom. The molecular formula is C13H14N2O2. The summed E-state index contributed by atoms with van der Waals surface area (Å²) >= 11 is 0. The number of hydrogen-bond donors (Lipinski definition) is 0. The zero-order valence-electron chi connectivity index (χ0n) is 9.67. The van der Waals surface area contributed by atoms with Gasteiger partial charge in [-0.1, -0.05) is 0 Å². The van der Waals surface area contributed by atoms with Crippen LogP contribution in [0, 0.1) is 0 Å². The van der Waals surface area contributed by atoms with E-state index >= 15 is 0 Å². The molecule has 0 aliphatic carbocycles. The number of hydrogen-bond acceptors (Lipinski definition) is 3. The molecule has 0 atom stereocenters. The summed E-state index contributed by atoms with van der Waals surface area (Å²) in [6.45, 7) is 3.14. The lowest BCUT2D eigenvalue weighted by molar-refractivity contribution is 0.112. The molecule has 0 radical (unpaired) electrons. The van der Waals surface area contributed by atoms with Gasteiger partial charge in [-0.25, -0.2) is 0 Å². The van der Waals surface area contributed by atoms with Crippen molar-refractivity contribution in [1.29, 1.82) is 0 Å². The van der Waals surface area contributed by atoms with Crippen molar-refractivity contribution >= 4 is 6.29 Å². The van der Waals surface area contributed by atoms with Crippen molar-refractivity contribution < 1.29 is 9.53 Å². The number of nitrogens with zero attached hydrogens (tertiary/aromatic N) is 2. The molecule has 1 aromatic heterocycles. The van der Waals surface area contributed by atoms with Gasteiger partial charge in [-0.05, 0) is 31.2 Å². The van der Waals surface area contributed by atoms with Gasteiger partial charge in [0.05, 0.1) is 13.2 Å². The van der Waals surface area contributed by atoms with Gasteiger partial charge in [-0.15, -0.1) is 0 Å². The zero-order valence-corrected chi connectivity index (χ0v) is 9.67. The summed E-state index contributed by atoms with van der Waals surface area (Å²) in [7, 11) is 0. The van der Waals surface area contributed by atoms with E-state index in [0.29, 0.717) is 18.7 Å². The molecule has 0 saturated carbocycles. The van der Waals surface area contributed by atoms with E-state index in [1.54, 1.807) is 16.9 Å². The highest BCUT2D eigenvalue weighted by molar-refractivity contribution is 5.75. The minimum atomic E-state index is 0.601. The molecule has 0 fully saturated rings. The van der Waals surface area contributed by atoms with Gasteiger partial charge in [-0.3, -0.25) is 9.48 Å². The Labute approximate surface area is 99.8 Å². The maximum Gasteiger partial charge on any atom is 0.150 e. The first-order valence-corrected chi connectivity index (χ1v) is 5.52. The van der Waals surface area contributed by atoms with Gasteiger partial charge in [0.25, 0.3) is 0 Å². The number of benzene rings is 1. The number of carbonyl (C=O) groups excluding carboxylic acids is 1. The van der Waals surface area contributed by atoms with Gasteiger partial charge in [-0.2, -0.15) is 5.10 Å². The second-order valence-corrected chi connectivity index (χ2v) is 3.62. The number of ether oxygens (including phenoxy) is 1. The fourth-order valence-electron chi connectivity index (χ4n) is 1.66. The molecule has 4 nitrogen and oxygen atoms in total. The molecule has 1 heterocycles. The molecule has 17 heavy (non-hydrogen) atoms. The average molecular weight is 230 g/mol.